The zero-order chi connectivity index (χ0) is 68.9. The average molecular weight is 1310 g/mol. The van der Waals surface area contributed by atoms with Crippen LogP contribution < -0.4 is 21.3 Å². The fraction of sp³-hybridized carbons (Fsp3) is 0.455. The van der Waals surface area contributed by atoms with E-state index < -0.39 is 157 Å². The summed E-state index contributed by atoms with van der Waals surface area (Å²) in [6.07, 6.45) is -12.4. The number of nitrogens with one attached hydrogen (secondary N) is 4. The van der Waals surface area contributed by atoms with Crippen LogP contribution in [-0.4, -0.2) is 180 Å². The van der Waals surface area contributed by atoms with E-state index in [2.05, 4.69) is 21.3 Å². The maximum atomic E-state index is 14.4. The third-order valence-corrected chi connectivity index (χ3v) is 14.7. The van der Waals surface area contributed by atoms with Gasteiger partial charge in [-0.15, -0.1) is 0 Å². The van der Waals surface area contributed by atoms with Crippen molar-refractivity contribution >= 4 is 71.4 Å². The Morgan fingerprint density at radius 2 is 0.745 bits per heavy atom. The minimum Gasteiger partial charge on any atom is -0.462 e. The molecule has 6 N–H and O–H groups in total. The summed E-state index contributed by atoms with van der Waals surface area (Å²) in [5.41, 5.74) is 2.13. The summed E-state index contributed by atoms with van der Waals surface area (Å²) in [4.78, 5) is 153. The highest BCUT2D eigenvalue weighted by Gasteiger charge is 2.59. The van der Waals surface area contributed by atoms with E-state index >= 15 is 0 Å². The van der Waals surface area contributed by atoms with Gasteiger partial charge in [0.25, 0.3) is 11.8 Å². The van der Waals surface area contributed by atoms with Crippen LogP contribution in [-0.2, 0) is 108 Å². The summed E-state index contributed by atoms with van der Waals surface area (Å²) in [5, 5.41) is 36.1. The van der Waals surface area contributed by atoms with Gasteiger partial charge in [-0.3, -0.25) is 57.5 Å². The smallest absolute Gasteiger partial charge is 0.303 e. The highest BCUT2D eigenvalue weighted by molar-refractivity contribution is 5.96. The van der Waals surface area contributed by atoms with Crippen molar-refractivity contribution in [3.8, 4) is 11.1 Å². The lowest BCUT2D eigenvalue weighted by Gasteiger charge is -2.50. The molecule has 4 amide bonds. The number of amides is 4. The highest BCUT2D eigenvalue weighted by Crippen LogP contribution is 2.37. The summed E-state index contributed by atoms with van der Waals surface area (Å²) >= 11 is 0. The fourth-order valence-corrected chi connectivity index (χ4v) is 10.7. The Morgan fingerprint density at radius 1 is 0.426 bits per heavy atom. The van der Waals surface area contributed by atoms with E-state index in [1.54, 1.807) is 84.9 Å². The first-order chi connectivity index (χ1) is 44.5. The molecule has 28 heteroatoms. The van der Waals surface area contributed by atoms with Crippen LogP contribution in [0.25, 0.3) is 11.1 Å². The third kappa shape index (κ3) is 22.3. The van der Waals surface area contributed by atoms with E-state index in [1.807, 2.05) is 0 Å². The molecule has 0 bridgehead atoms. The molecule has 28 nitrogen and oxygen atoms in total. The SMILES string of the molecule is CC(=O)OC[C@H](CCC(=O)NC[C@H]1O[C@@](O)(Cc2ccccc2)[C@H](NC(=O)c2ccc(-c3ccc(C(=O)N[C@@H]4[C@@H](OC(C)=O)[C@H](OC(C)=O)[C@@H](CNC(=O)CC[C@@H](COC(C)=O)OC(C)=O)O[C@@]4(O)Cc4ccccc4)cc3)cc2)[C@@H](OC(C)=O)[C@@H]1OC(C)=O)OC(C)=O. The first kappa shape index (κ1) is 73.4. The normalized spacial score (nSPS) is 22.8. The molecule has 2 aliphatic heterocycles. The van der Waals surface area contributed by atoms with Gasteiger partial charge in [0.05, 0.1) is 0 Å². The quantitative estimate of drug-likeness (QED) is 0.0336. The van der Waals surface area contributed by atoms with Crippen molar-refractivity contribution in [1.82, 2.24) is 21.3 Å². The Kier molecular flexibility index (Phi) is 26.8. The van der Waals surface area contributed by atoms with E-state index in [4.69, 9.17) is 47.4 Å². The van der Waals surface area contributed by atoms with Gasteiger partial charge in [0.2, 0.25) is 11.8 Å². The Bertz CT molecular complexity index is 3110. The van der Waals surface area contributed by atoms with E-state index in [9.17, 15) is 67.7 Å². The average Bonchev–Trinajstić information content (AvgIpc) is 0.761. The van der Waals surface area contributed by atoms with Gasteiger partial charge in [0.1, 0.15) is 49.7 Å². The standard InChI is InChI=1S/C66H78N4O24/c1-37(71)85-35-51(87-39(3)73)27-29-55(79)67-33-53-57(89-41(5)75)59(91-43(7)77)61(65(83,93-53)31-45-15-11-9-12-16-45)69-63(81)49-23-19-47(20-24-49)48-21-25-50(26-22-48)64(82)70-62-60(92-44(8)78)58(90-42(6)76)54(94-66(62,84)32-46-17-13-10-14-18-46)34-68-56(80)30-28-52(88-40(4)74)36-86-38(2)72/h9-26,51-54,57-62,83-84H,27-36H2,1-8H3,(H,67,79)(H,68,80)(H,69,81)(H,70,82)/t51-,52-,53+,54+,57+,58+,59-,60-,61+,62+,65-,66-/m0/s1. The molecule has 0 aliphatic carbocycles. The molecule has 0 radical (unpaired) electrons. The van der Waals surface area contributed by atoms with Crippen molar-refractivity contribution in [2.75, 3.05) is 26.3 Å². The number of ether oxygens (including phenoxy) is 10. The lowest BCUT2D eigenvalue weighted by Crippen LogP contribution is -2.72. The predicted octanol–water partition coefficient (Wildman–Crippen LogP) is 2.72. The number of hydrogen-bond donors (Lipinski definition) is 6. The topological polar surface area (TPSA) is 386 Å². The highest BCUT2D eigenvalue weighted by atomic mass is 16.7. The second-order valence-corrected chi connectivity index (χ2v) is 22.4. The van der Waals surface area contributed by atoms with Gasteiger partial charge in [-0.05, 0) is 59.4 Å². The first-order valence-corrected chi connectivity index (χ1v) is 30.0. The predicted molar refractivity (Wildman–Crippen MR) is 325 cm³/mol. The molecule has 2 fully saturated rings. The van der Waals surface area contributed by atoms with Gasteiger partial charge in [-0.2, -0.15) is 0 Å². The molecule has 506 valence electrons. The summed E-state index contributed by atoms with van der Waals surface area (Å²) in [6.45, 7) is 7.41. The lowest BCUT2D eigenvalue weighted by atomic mass is 9.85. The molecule has 0 unspecified atom stereocenters. The van der Waals surface area contributed by atoms with Crippen molar-refractivity contribution in [1.29, 1.82) is 0 Å². The third-order valence-electron chi connectivity index (χ3n) is 14.7. The van der Waals surface area contributed by atoms with E-state index in [0.717, 1.165) is 41.5 Å². The van der Waals surface area contributed by atoms with Gasteiger partial charge in [-0.25, -0.2) is 0 Å². The van der Waals surface area contributed by atoms with Crippen LogP contribution >= 0.6 is 0 Å². The largest absolute Gasteiger partial charge is 0.462 e. The Morgan fingerprint density at radius 3 is 1.04 bits per heavy atom. The molecule has 2 saturated heterocycles. The van der Waals surface area contributed by atoms with Gasteiger partial charge in [0, 0.05) is 105 Å². The van der Waals surface area contributed by atoms with Crippen LogP contribution in [0.3, 0.4) is 0 Å². The fourth-order valence-electron chi connectivity index (χ4n) is 10.7. The van der Waals surface area contributed by atoms with Crippen LogP contribution in [0.15, 0.2) is 109 Å². The number of aliphatic hydroxyl groups is 2. The van der Waals surface area contributed by atoms with Crippen molar-refractivity contribution in [2.45, 2.75) is 166 Å². The van der Waals surface area contributed by atoms with Crippen LogP contribution in [0.4, 0.5) is 0 Å². The van der Waals surface area contributed by atoms with Gasteiger partial charge in [0.15, 0.2) is 36.0 Å². The van der Waals surface area contributed by atoms with Gasteiger partial charge in [-0.1, -0.05) is 84.9 Å². The van der Waals surface area contributed by atoms with Crippen LogP contribution in [0, 0.1) is 0 Å². The number of hydrogen-bond acceptors (Lipinski definition) is 24. The Labute approximate surface area is 541 Å². The zero-order valence-electron chi connectivity index (χ0n) is 53.1. The molecule has 0 saturated carbocycles. The molecular formula is C66H78N4O24. The molecule has 94 heavy (non-hydrogen) atoms. The van der Waals surface area contributed by atoms with E-state index in [0.29, 0.717) is 22.3 Å². The second-order valence-electron chi connectivity index (χ2n) is 22.4. The molecule has 12 atom stereocenters. The Balaban J connectivity index is 1.22. The number of carbonyl (C=O) groups is 12. The van der Waals surface area contributed by atoms with E-state index in [1.165, 1.54) is 38.1 Å². The minimum atomic E-state index is -2.43. The molecule has 2 aliphatic rings. The molecule has 2 heterocycles. The second kappa shape index (κ2) is 34.3. The molecule has 4 aromatic rings. The van der Waals surface area contributed by atoms with Crippen molar-refractivity contribution in [3.05, 3.63) is 131 Å². The lowest BCUT2D eigenvalue weighted by molar-refractivity contribution is -0.314. The zero-order valence-corrected chi connectivity index (χ0v) is 53.1. The maximum Gasteiger partial charge on any atom is 0.303 e. The molecule has 4 aromatic carbocycles. The van der Waals surface area contributed by atoms with Crippen LogP contribution in [0.1, 0.15) is 113 Å². The van der Waals surface area contributed by atoms with Gasteiger partial charge >= 0.3 is 47.8 Å². The first-order valence-electron chi connectivity index (χ1n) is 30.0. The van der Waals surface area contributed by atoms with Gasteiger partial charge < -0.3 is 78.8 Å². The van der Waals surface area contributed by atoms with Crippen LogP contribution in [0.5, 0.6) is 0 Å². The maximum absolute atomic E-state index is 14.4. The molecule has 0 spiro atoms. The molecular weight excluding hydrogens is 1230 g/mol. The summed E-state index contributed by atoms with van der Waals surface area (Å²) in [5.74, 6) is -13.9. The van der Waals surface area contributed by atoms with Crippen molar-refractivity contribution in [2.24, 2.45) is 0 Å². The summed E-state index contributed by atoms with van der Waals surface area (Å²) in [6, 6.07) is 25.7. The Hall–Kier alpha value is -9.64. The van der Waals surface area contributed by atoms with Crippen molar-refractivity contribution in [3.63, 3.8) is 0 Å². The van der Waals surface area contributed by atoms with Crippen LogP contribution in [0.2, 0.25) is 0 Å². The van der Waals surface area contributed by atoms with Crippen molar-refractivity contribution < 1.29 is 115 Å². The molecule has 6 rings (SSSR count). The number of esters is 8. The minimum absolute atomic E-state index is 0.0293. The van der Waals surface area contributed by atoms with E-state index in [-0.39, 0.29) is 62.9 Å². The number of rotatable bonds is 29. The number of carbonyl (C=O) groups excluding carboxylic acids is 12. The molecule has 0 aromatic heterocycles. The number of benzene rings is 4. The summed E-state index contributed by atoms with van der Waals surface area (Å²) < 4.78 is 55.9. The monoisotopic (exact) mass is 1310 g/mol. The summed E-state index contributed by atoms with van der Waals surface area (Å²) in [7, 11) is 0.